The SMILES string of the molecule is C[C@@H]1CCN(C(=O)Nc2ccncc2[N+](=O)[O-])C[C@H](C)C1. The lowest BCUT2D eigenvalue weighted by Gasteiger charge is -2.22. The highest BCUT2D eigenvalue weighted by Crippen LogP contribution is 2.24. The summed E-state index contributed by atoms with van der Waals surface area (Å²) in [6.07, 6.45) is 4.62. The van der Waals surface area contributed by atoms with Gasteiger partial charge in [0, 0.05) is 19.3 Å². The van der Waals surface area contributed by atoms with Crippen LogP contribution in [0.15, 0.2) is 18.5 Å². The molecule has 0 radical (unpaired) electrons. The zero-order chi connectivity index (χ0) is 15.4. The number of anilines is 1. The molecule has 1 saturated heterocycles. The van der Waals surface area contributed by atoms with Crippen molar-refractivity contribution in [1.29, 1.82) is 0 Å². The first-order chi connectivity index (χ1) is 9.97. The van der Waals surface area contributed by atoms with Gasteiger partial charge in [0.05, 0.1) is 4.92 Å². The monoisotopic (exact) mass is 292 g/mol. The lowest BCUT2D eigenvalue weighted by molar-refractivity contribution is -0.384. The van der Waals surface area contributed by atoms with Gasteiger partial charge in [0.15, 0.2) is 0 Å². The van der Waals surface area contributed by atoms with Crippen molar-refractivity contribution in [2.24, 2.45) is 11.8 Å². The molecular weight excluding hydrogens is 272 g/mol. The number of amides is 2. The third-order valence-electron chi connectivity index (χ3n) is 3.75. The number of hydrogen-bond acceptors (Lipinski definition) is 4. The van der Waals surface area contributed by atoms with Crippen molar-refractivity contribution in [1.82, 2.24) is 9.88 Å². The minimum Gasteiger partial charge on any atom is -0.324 e. The van der Waals surface area contributed by atoms with Crippen LogP contribution in [0.1, 0.15) is 26.7 Å². The van der Waals surface area contributed by atoms with Crippen molar-refractivity contribution in [2.75, 3.05) is 18.4 Å². The molecule has 0 bridgehead atoms. The van der Waals surface area contributed by atoms with E-state index in [4.69, 9.17) is 0 Å². The number of pyridine rings is 1. The quantitative estimate of drug-likeness (QED) is 0.670. The van der Waals surface area contributed by atoms with Crippen molar-refractivity contribution in [2.45, 2.75) is 26.7 Å². The zero-order valence-electron chi connectivity index (χ0n) is 12.3. The number of nitrogens with one attached hydrogen (secondary N) is 1. The van der Waals surface area contributed by atoms with E-state index in [2.05, 4.69) is 24.1 Å². The molecule has 2 heterocycles. The number of urea groups is 1. The third-order valence-corrected chi connectivity index (χ3v) is 3.75. The van der Waals surface area contributed by atoms with Gasteiger partial charge in [-0.2, -0.15) is 0 Å². The van der Waals surface area contributed by atoms with Crippen LogP contribution in [0.25, 0.3) is 0 Å². The predicted octanol–water partition coefficient (Wildman–Crippen LogP) is 2.89. The Morgan fingerprint density at radius 2 is 2.24 bits per heavy atom. The van der Waals surface area contributed by atoms with Gasteiger partial charge in [-0.1, -0.05) is 13.8 Å². The Labute approximate surface area is 123 Å². The van der Waals surface area contributed by atoms with E-state index in [1.807, 2.05) is 0 Å². The fourth-order valence-corrected chi connectivity index (χ4v) is 2.74. The van der Waals surface area contributed by atoms with Gasteiger partial charge in [0.2, 0.25) is 0 Å². The molecule has 114 valence electrons. The molecule has 2 amide bonds. The highest BCUT2D eigenvalue weighted by Gasteiger charge is 2.24. The number of nitro groups is 1. The van der Waals surface area contributed by atoms with E-state index in [-0.39, 0.29) is 17.4 Å². The summed E-state index contributed by atoms with van der Waals surface area (Å²) in [5.41, 5.74) is -0.00737. The predicted molar refractivity (Wildman–Crippen MR) is 79.0 cm³/mol. The lowest BCUT2D eigenvalue weighted by atomic mass is 9.97. The van der Waals surface area contributed by atoms with E-state index in [1.165, 1.54) is 12.3 Å². The maximum Gasteiger partial charge on any atom is 0.322 e. The first-order valence-electron chi connectivity index (χ1n) is 7.11. The minimum absolute atomic E-state index is 0.185. The fourth-order valence-electron chi connectivity index (χ4n) is 2.74. The van der Waals surface area contributed by atoms with Crippen LogP contribution < -0.4 is 5.32 Å². The van der Waals surface area contributed by atoms with Crippen LogP contribution >= 0.6 is 0 Å². The Morgan fingerprint density at radius 3 is 2.95 bits per heavy atom. The summed E-state index contributed by atoms with van der Waals surface area (Å²) >= 11 is 0. The molecule has 2 atom stereocenters. The Morgan fingerprint density at radius 1 is 1.48 bits per heavy atom. The van der Waals surface area contributed by atoms with Gasteiger partial charge in [-0.15, -0.1) is 0 Å². The number of aromatic nitrogens is 1. The summed E-state index contributed by atoms with van der Waals surface area (Å²) in [7, 11) is 0. The third kappa shape index (κ3) is 3.90. The lowest BCUT2D eigenvalue weighted by Crippen LogP contribution is -2.37. The largest absolute Gasteiger partial charge is 0.324 e. The second-order valence-corrected chi connectivity index (χ2v) is 5.76. The number of hydrogen-bond donors (Lipinski definition) is 1. The Bertz CT molecular complexity index is 535. The molecule has 0 saturated carbocycles. The van der Waals surface area contributed by atoms with Crippen LogP contribution in [0, 0.1) is 22.0 Å². The van der Waals surface area contributed by atoms with Crippen LogP contribution in [0.3, 0.4) is 0 Å². The van der Waals surface area contributed by atoms with Crippen LogP contribution in [0.4, 0.5) is 16.2 Å². The molecule has 1 aliphatic rings. The smallest absolute Gasteiger partial charge is 0.322 e. The Hall–Kier alpha value is -2.18. The maximum atomic E-state index is 12.3. The summed E-state index contributed by atoms with van der Waals surface area (Å²) in [6, 6.07) is 1.16. The van der Waals surface area contributed by atoms with Crippen LogP contribution in [-0.4, -0.2) is 33.9 Å². The molecule has 1 aliphatic heterocycles. The van der Waals surface area contributed by atoms with Gasteiger partial charge >= 0.3 is 11.7 Å². The van der Waals surface area contributed by atoms with E-state index >= 15 is 0 Å². The molecule has 0 aromatic carbocycles. The average Bonchev–Trinajstić information content (AvgIpc) is 2.60. The van der Waals surface area contributed by atoms with Crippen molar-refractivity contribution in [3.05, 3.63) is 28.6 Å². The van der Waals surface area contributed by atoms with E-state index in [0.717, 1.165) is 19.0 Å². The Balaban J connectivity index is 2.09. The van der Waals surface area contributed by atoms with Crippen LogP contribution in [0.5, 0.6) is 0 Å². The molecule has 1 aromatic heterocycles. The zero-order valence-corrected chi connectivity index (χ0v) is 12.3. The second-order valence-electron chi connectivity index (χ2n) is 5.76. The number of likely N-dealkylation sites (tertiary alicyclic amines) is 1. The molecule has 0 unspecified atom stereocenters. The molecule has 1 aromatic rings. The number of rotatable bonds is 2. The van der Waals surface area contributed by atoms with Crippen molar-refractivity contribution < 1.29 is 9.72 Å². The molecule has 7 nitrogen and oxygen atoms in total. The summed E-state index contributed by atoms with van der Waals surface area (Å²) in [6.45, 7) is 5.66. The first kappa shape index (κ1) is 15.2. The summed E-state index contributed by atoms with van der Waals surface area (Å²) in [5.74, 6) is 1.02. The van der Waals surface area contributed by atoms with Crippen LogP contribution in [-0.2, 0) is 0 Å². The number of nitrogens with zero attached hydrogens (tertiary/aromatic N) is 3. The molecule has 1 fully saturated rings. The highest BCUT2D eigenvalue weighted by atomic mass is 16.6. The summed E-state index contributed by atoms with van der Waals surface area (Å²) < 4.78 is 0. The second kappa shape index (κ2) is 6.51. The van der Waals surface area contributed by atoms with E-state index in [0.29, 0.717) is 24.9 Å². The molecule has 2 rings (SSSR count). The van der Waals surface area contributed by atoms with Gasteiger partial charge in [-0.3, -0.25) is 15.1 Å². The van der Waals surface area contributed by atoms with Gasteiger partial charge in [0.1, 0.15) is 11.9 Å². The minimum atomic E-state index is -0.546. The Kier molecular flexibility index (Phi) is 4.72. The van der Waals surface area contributed by atoms with E-state index < -0.39 is 4.92 Å². The first-order valence-corrected chi connectivity index (χ1v) is 7.11. The number of carbonyl (C=O) groups is 1. The fraction of sp³-hybridized carbons (Fsp3) is 0.571. The number of carbonyl (C=O) groups excluding carboxylic acids is 1. The van der Waals surface area contributed by atoms with Gasteiger partial charge < -0.3 is 10.2 Å². The summed E-state index contributed by atoms with van der Waals surface area (Å²) in [4.78, 5) is 28.2. The normalized spacial score (nSPS) is 22.5. The molecule has 7 heteroatoms. The molecule has 0 aliphatic carbocycles. The van der Waals surface area contributed by atoms with Crippen molar-refractivity contribution in [3.8, 4) is 0 Å². The standard InChI is InChI=1S/C14H20N4O3/c1-10-4-6-17(9-11(2)7-10)14(19)16-12-3-5-15-8-13(12)18(20)21/h3,5,8,10-11H,4,6-7,9H2,1-2H3,(H,15,16,19)/t10-,11-/m1/s1. The van der Waals surface area contributed by atoms with Crippen molar-refractivity contribution in [3.63, 3.8) is 0 Å². The van der Waals surface area contributed by atoms with E-state index in [9.17, 15) is 14.9 Å². The van der Waals surface area contributed by atoms with Gasteiger partial charge in [-0.05, 0) is 30.7 Å². The molecule has 1 N–H and O–H groups in total. The van der Waals surface area contributed by atoms with Gasteiger partial charge in [-0.25, -0.2) is 4.79 Å². The van der Waals surface area contributed by atoms with Crippen molar-refractivity contribution >= 4 is 17.4 Å². The topological polar surface area (TPSA) is 88.4 Å². The highest BCUT2D eigenvalue weighted by molar-refractivity contribution is 5.91. The maximum absolute atomic E-state index is 12.3. The summed E-state index contributed by atoms with van der Waals surface area (Å²) in [5, 5.41) is 13.6. The van der Waals surface area contributed by atoms with E-state index in [1.54, 1.807) is 4.90 Å². The molecular formula is C14H20N4O3. The molecule has 21 heavy (non-hydrogen) atoms. The average molecular weight is 292 g/mol. The van der Waals surface area contributed by atoms with Crippen LogP contribution in [0.2, 0.25) is 0 Å². The van der Waals surface area contributed by atoms with Gasteiger partial charge in [0.25, 0.3) is 0 Å². The molecule has 0 spiro atoms.